The summed E-state index contributed by atoms with van der Waals surface area (Å²) in [6, 6.07) is 4.60. The fraction of sp³-hybridized carbons (Fsp3) is 0.467. The molecule has 1 aromatic carbocycles. The molecule has 108 valence electrons. The summed E-state index contributed by atoms with van der Waals surface area (Å²) in [5, 5.41) is 11.8. The van der Waals surface area contributed by atoms with Gasteiger partial charge in [-0.05, 0) is 49.4 Å². The van der Waals surface area contributed by atoms with Gasteiger partial charge in [0.15, 0.2) is 0 Å². The van der Waals surface area contributed by atoms with Crippen LogP contribution < -0.4 is 5.32 Å². The van der Waals surface area contributed by atoms with Crippen molar-refractivity contribution in [2.24, 2.45) is 5.92 Å². The van der Waals surface area contributed by atoms with Crippen molar-refractivity contribution in [1.29, 1.82) is 0 Å². The van der Waals surface area contributed by atoms with E-state index in [4.69, 9.17) is 5.11 Å². The Morgan fingerprint density at radius 3 is 2.50 bits per heavy atom. The maximum atomic E-state index is 12.1. The average molecular weight is 276 g/mol. The van der Waals surface area contributed by atoms with Gasteiger partial charge in [-0.15, -0.1) is 0 Å². The summed E-state index contributed by atoms with van der Waals surface area (Å²) in [7, 11) is 0. The van der Waals surface area contributed by atoms with E-state index in [1.54, 1.807) is 19.1 Å². The number of carbonyl (C=O) groups is 2. The predicted molar refractivity (Wildman–Crippen MR) is 77.1 cm³/mol. The van der Waals surface area contributed by atoms with E-state index in [1.165, 1.54) is 6.07 Å². The Morgan fingerprint density at radius 1 is 1.30 bits per heavy atom. The zero-order chi connectivity index (χ0) is 14.7. The maximum absolute atomic E-state index is 12.1. The van der Waals surface area contributed by atoms with E-state index in [1.807, 2.05) is 4.90 Å². The summed E-state index contributed by atoms with van der Waals surface area (Å²) in [6.07, 6.45) is 2.06. The number of benzene rings is 1. The molecule has 1 aromatic rings. The highest BCUT2D eigenvalue weighted by atomic mass is 16.4. The minimum Gasteiger partial charge on any atom is -0.478 e. The number of carbonyl (C=O) groups excluding carboxylic acids is 1. The normalized spacial score (nSPS) is 16.0. The van der Waals surface area contributed by atoms with Crippen LogP contribution in [0, 0.1) is 12.8 Å². The van der Waals surface area contributed by atoms with Crippen LogP contribution in [0.25, 0.3) is 0 Å². The van der Waals surface area contributed by atoms with Crippen LogP contribution in [0.5, 0.6) is 0 Å². The number of piperidine rings is 1. The molecule has 1 aliphatic rings. The molecule has 0 saturated carbocycles. The Morgan fingerprint density at radius 2 is 1.95 bits per heavy atom. The topological polar surface area (TPSA) is 69.6 Å². The number of nitrogens with one attached hydrogen (secondary N) is 1. The van der Waals surface area contributed by atoms with E-state index in [2.05, 4.69) is 12.2 Å². The highest BCUT2D eigenvalue weighted by Crippen LogP contribution is 2.20. The van der Waals surface area contributed by atoms with Crippen molar-refractivity contribution >= 4 is 17.7 Å². The lowest BCUT2D eigenvalue weighted by molar-refractivity contribution is 0.0697. The third-order valence-electron chi connectivity index (χ3n) is 3.79. The number of nitrogens with zero attached hydrogens (tertiary/aromatic N) is 1. The second-order valence-corrected chi connectivity index (χ2v) is 5.43. The van der Waals surface area contributed by atoms with Crippen molar-refractivity contribution in [3.63, 3.8) is 0 Å². The van der Waals surface area contributed by atoms with Gasteiger partial charge in [-0.1, -0.05) is 6.92 Å². The van der Waals surface area contributed by atoms with Crippen LogP contribution in [0.4, 0.5) is 10.5 Å². The smallest absolute Gasteiger partial charge is 0.335 e. The van der Waals surface area contributed by atoms with Gasteiger partial charge >= 0.3 is 12.0 Å². The molecule has 2 N–H and O–H groups in total. The third-order valence-corrected chi connectivity index (χ3v) is 3.79. The second kappa shape index (κ2) is 5.94. The summed E-state index contributed by atoms with van der Waals surface area (Å²) < 4.78 is 0. The molecule has 0 radical (unpaired) electrons. The van der Waals surface area contributed by atoms with Crippen LogP contribution in [-0.2, 0) is 0 Å². The van der Waals surface area contributed by atoms with Crippen molar-refractivity contribution in [2.45, 2.75) is 26.7 Å². The van der Waals surface area contributed by atoms with Crippen molar-refractivity contribution < 1.29 is 14.7 Å². The van der Waals surface area contributed by atoms with Crippen LogP contribution in [0.3, 0.4) is 0 Å². The molecule has 5 nitrogen and oxygen atoms in total. The molecule has 1 fully saturated rings. The lowest BCUT2D eigenvalue weighted by Gasteiger charge is -2.30. The number of likely N-dealkylation sites (tertiary alicyclic amines) is 1. The summed E-state index contributed by atoms with van der Waals surface area (Å²) in [6.45, 7) is 5.54. The monoisotopic (exact) mass is 276 g/mol. The Bertz CT molecular complexity index is 520. The number of urea groups is 1. The van der Waals surface area contributed by atoms with E-state index in [0.717, 1.165) is 31.5 Å². The molecule has 1 saturated heterocycles. The first kappa shape index (κ1) is 14.4. The largest absolute Gasteiger partial charge is 0.478 e. The number of anilines is 1. The van der Waals surface area contributed by atoms with Crippen LogP contribution in [0.1, 0.15) is 35.7 Å². The second-order valence-electron chi connectivity index (χ2n) is 5.43. The minimum absolute atomic E-state index is 0.108. The number of amides is 2. The van der Waals surface area contributed by atoms with Crippen molar-refractivity contribution in [3.8, 4) is 0 Å². The van der Waals surface area contributed by atoms with Crippen LogP contribution in [-0.4, -0.2) is 35.1 Å². The average Bonchev–Trinajstić information content (AvgIpc) is 2.41. The summed E-state index contributed by atoms with van der Waals surface area (Å²) in [5.41, 5.74) is 1.65. The van der Waals surface area contributed by atoms with Gasteiger partial charge in [0.05, 0.1) is 5.56 Å². The first-order valence-corrected chi connectivity index (χ1v) is 6.87. The zero-order valence-corrected chi connectivity index (χ0v) is 11.8. The van der Waals surface area contributed by atoms with Gasteiger partial charge in [-0.25, -0.2) is 9.59 Å². The molecule has 0 aliphatic carbocycles. The molecule has 0 unspecified atom stereocenters. The van der Waals surface area contributed by atoms with Crippen molar-refractivity contribution in [1.82, 2.24) is 4.90 Å². The summed E-state index contributed by atoms with van der Waals surface area (Å²) in [5.74, 6) is -0.286. The summed E-state index contributed by atoms with van der Waals surface area (Å²) in [4.78, 5) is 24.8. The van der Waals surface area contributed by atoms with Gasteiger partial charge in [0, 0.05) is 18.8 Å². The van der Waals surface area contributed by atoms with Gasteiger partial charge in [-0.3, -0.25) is 0 Å². The molecule has 20 heavy (non-hydrogen) atoms. The molecule has 1 heterocycles. The highest BCUT2D eigenvalue weighted by Gasteiger charge is 2.20. The molecular formula is C15H20N2O3. The van der Waals surface area contributed by atoms with Crippen LogP contribution >= 0.6 is 0 Å². The van der Waals surface area contributed by atoms with E-state index in [-0.39, 0.29) is 11.6 Å². The van der Waals surface area contributed by atoms with Crippen LogP contribution in [0.2, 0.25) is 0 Å². The van der Waals surface area contributed by atoms with E-state index < -0.39 is 5.97 Å². The molecule has 1 aliphatic heterocycles. The minimum atomic E-state index is -0.962. The number of rotatable bonds is 2. The molecule has 0 aromatic heterocycles. The molecule has 2 amide bonds. The van der Waals surface area contributed by atoms with Crippen LogP contribution in [0.15, 0.2) is 18.2 Å². The van der Waals surface area contributed by atoms with Gasteiger partial charge in [-0.2, -0.15) is 0 Å². The third kappa shape index (κ3) is 3.29. The Labute approximate surface area is 118 Å². The lowest BCUT2D eigenvalue weighted by atomic mass is 10.00. The lowest BCUT2D eigenvalue weighted by Crippen LogP contribution is -2.40. The van der Waals surface area contributed by atoms with Crippen molar-refractivity contribution in [3.05, 3.63) is 29.3 Å². The quantitative estimate of drug-likeness (QED) is 0.872. The molecule has 0 atom stereocenters. The van der Waals surface area contributed by atoms with Gasteiger partial charge in [0.1, 0.15) is 0 Å². The first-order valence-electron chi connectivity index (χ1n) is 6.87. The Kier molecular flexibility index (Phi) is 4.27. The molecule has 2 rings (SSSR count). The maximum Gasteiger partial charge on any atom is 0.335 e. The molecular weight excluding hydrogens is 256 g/mol. The van der Waals surface area contributed by atoms with Gasteiger partial charge in [0.2, 0.25) is 0 Å². The van der Waals surface area contributed by atoms with E-state index >= 15 is 0 Å². The molecule has 5 heteroatoms. The number of hydrogen-bond acceptors (Lipinski definition) is 2. The molecule has 0 spiro atoms. The number of hydrogen-bond donors (Lipinski definition) is 2. The standard InChI is InChI=1S/C15H20N2O3/c1-10-5-7-17(8-6-10)15(20)16-13-4-3-12(14(18)19)9-11(13)2/h3-4,9-10H,5-8H2,1-2H3,(H,16,20)(H,18,19). The zero-order valence-electron chi connectivity index (χ0n) is 11.8. The fourth-order valence-corrected chi connectivity index (χ4v) is 2.34. The number of carboxylic acids is 1. The number of carboxylic acid groups (broad SMARTS) is 1. The van der Waals surface area contributed by atoms with E-state index in [9.17, 15) is 9.59 Å². The summed E-state index contributed by atoms with van der Waals surface area (Å²) >= 11 is 0. The fourth-order valence-electron chi connectivity index (χ4n) is 2.34. The SMILES string of the molecule is Cc1cc(C(=O)O)ccc1NC(=O)N1CCC(C)CC1. The van der Waals surface area contributed by atoms with Gasteiger partial charge < -0.3 is 15.3 Å². The Hall–Kier alpha value is -2.04. The van der Waals surface area contributed by atoms with Gasteiger partial charge in [0.25, 0.3) is 0 Å². The number of aromatic carboxylic acids is 1. The molecule has 0 bridgehead atoms. The number of aryl methyl sites for hydroxylation is 1. The first-order chi connectivity index (χ1) is 9.47. The predicted octanol–water partition coefficient (Wildman–Crippen LogP) is 2.96. The van der Waals surface area contributed by atoms with E-state index in [0.29, 0.717) is 11.6 Å². The highest BCUT2D eigenvalue weighted by molar-refractivity contribution is 5.92. The van der Waals surface area contributed by atoms with Crippen molar-refractivity contribution in [2.75, 3.05) is 18.4 Å². The Balaban J connectivity index is 2.02.